The summed E-state index contributed by atoms with van der Waals surface area (Å²) >= 11 is 6.01. The normalized spacial score (nSPS) is 17.2. The van der Waals surface area contributed by atoms with Crippen molar-refractivity contribution in [2.24, 2.45) is 0 Å². The van der Waals surface area contributed by atoms with Gasteiger partial charge in [0, 0.05) is 35.8 Å². The van der Waals surface area contributed by atoms with Crippen molar-refractivity contribution in [3.05, 3.63) is 76.8 Å². The number of aromatic nitrogens is 1. The second kappa shape index (κ2) is 8.76. The van der Waals surface area contributed by atoms with E-state index in [0.29, 0.717) is 29.7 Å². The summed E-state index contributed by atoms with van der Waals surface area (Å²) in [5, 5.41) is 3.93. The van der Waals surface area contributed by atoms with Crippen molar-refractivity contribution in [1.82, 2.24) is 9.88 Å². The highest BCUT2D eigenvalue weighted by atomic mass is 35.5. The quantitative estimate of drug-likeness (QED) is 0.530. The molecule has 1 fully saturated rings. The lowest BCUT2D eigenvalue weighted by atomic mass is 9.99. The number of carbonyl (C=O) groups is 1. The van der Waals surface area contributed by atoms with Crippen LogP contribution < -0.4 is 5.32 Å². The van der Waals surface area contributed by atoms with E-state index in [0.717, 1.165) is 28.6 Å². The van der Waals surface area contributed by atoms with Crippen molar-refractivity contribution in [2.45, 2.75) is 26.3 Å². The monoisotopic (exact) mass is 421 g/mol. The average molecular weight is 422 g/mol. The molecule has 0 bridgehead atoms. The number of carbonyl (C=O) groups excluding carboxylic acids is 1. The fraction of sp³-hybridized carbons (Fsp3) is 0.250. The lowest BCUT2D eigenvalue weighted by molar-refractivity contribution is 0.0791. The number of oxazole rings is 1. The molecule has 0 aliphatic carbocycles. The van der Waals surface area contributed by atoms with Gasteiger partial charge in [0.1, 0.15) is 5.52 Å². The number of hydrogen-bond donors (Lipinski definition) is 1. The molecule has 154 valence electrons. The van der Waals surface area contributed by atoms with E-state index in [4.69, 9.17) is 16.0 Å². The molecule has 0 radical (unpaired) electrons. The summed E-state index contributed by atoms with van der Waals surface area (Å²) in [6.07, 6.45) is 6.82. The van der Waals surface area contributed by atoms with Crippen molar-refractivity contribution in [3.8, 4) is 0 Å². The topological polar surface area (TPSA) is 58.4 Å². The molecule has 3 aromatic rings. The van der Waals surface area contributed by atoms with Gasteiger partial charge in [0.2, 0.25) is 0 Å². The Kier molecular flexibility index (Phi) is 5.91. The fourth-order valence-corrected chi connectivity index (χ4v) is 3.87. The smallest absolute Gasteiger partial charge is 0.295 e. The molecule has 1 atom stereocenters. The van der Waals surface area contributed by atoms with Gasteiger partial charge in [0.05, 0.1) is 0 Å². The molecule has 0 spiro atoms. The third-order valence-corrected chi connectivity index (χ3v) is 5.51. The Bertz CT molecular complexity index is 1130. The van der Waals surface area contributed by atoms with Gasteiger partial charge in [-0.1, -0.05) is 48.0 Å². The third kappa shape index (κ3) is 4.26. The number of nitrogens with one attached hydrogen (secondary N) is 1. The Hall–Kier alpha value is -3.05. The summed E-state index contributed by atoms with van der Waals surface area (Å²) in [4.78, 5) is 19.6. The van der Waals surface area contributed by atoms with Crippen LogP contribution in [0.25, 0.3) is 16.7 Å². The first kappa shape index (κ1) is 20.2. The Morgan fingerprint density at radius 1 is 1.27 bits per heavy atom. The van der Waals surface area contributed by atoms with Crippen LogP contribution in [-0.4, -0.2) is 34.9 Å². The van der Waals surface area contributed by atoms with Gasteiger partial charge in [0.15, 0.2) is 5.58 Å². The Labute approximate surface area is 181 Å². The van der Waals surface area contributed by atoms with E-state index in [1.807, 2.05) is 67.3 Å². The molecule has 0 saturated carbocycles. The van der Waals surface area contributed by atoms with Gasteiger partial charge in [0.25, 0.3) is 11.9 Å². The summed E-state index contributed by atoms with van der Waals surface area (Å²) in [5.41, 5.74) is 4.16. The lowest BCUT2D eigenvalue weighted by Gasteiger charge is -2.19. The summed E-state index contributed by atoms with van der Waals surface area (Å²) in [6, 6.07) is 13.7. The Morgan fingerprint density at radius 2 is 2.07 bits per heavy atom. The molecule has 1 N–H and O–H groups in total. The highest BCUT2D eigenvalue weighted by molar-refractivity contribution is 6.31. The van der Waals surface area contributed by atoms with Crippen LogP contribution in [0.2, 0.25) is 5.02 Å². The van der Waals surface area contributed by atoms with Crippen molar-refractivity contribution >= 4 is 40.2 Å². The van der Waals surface area contributed by atoms with Gasteiger partial charge in [-0.3, -0.25) is 4.79 Å². The first-order valence-electron chi connectivity index (χ1n) is 10.1. The lowest BCUT2D eigenvalue weighted by Crippen LogP contribution is -2.32. The molecule has 1 amide bonds. The van der Waals surface area contributed by atoms with Gasteiger partial charge >= 0.3 is 0 Å². The van der Waals surface area contributed by atoms with Crippen LogP contribution in [0.3, 0.4) is 0 Å². The molecule has 30 heavy (non-hydrogen) atoms. The van der Waals surface area contributed by atoms with Crippen LogP contribution >= 0.6 is 11.6 Å². The highest BCUT2D eigenvalue weighted by Gasteiger charge is 2.29. The molecule has 1 aromatic heterocycles. The van der Waals surface area contributed by atoms with E-state index in [2.05, 4.69) is 10.3 Å². The summed E-state index contributed by atoms with van der Waals surface area (Å²) in [7, 11) is 0. The second-order valence-corrected chi connectivity index (χ2v) is 7.87. The third-order valence-electron chi connectivity index (χ3n) is 5.27. The van der Waals surface area contributed by atoms with Crippen LogP contribution in [0.4, 0.5) is 6.01 Å². The number of fused-ring (bicyclic) bond motifs is 1. The first-order chi connectivity index (χ1) is 14.5. The van der Waals surface area contributed by atoms with E-state index < -0.39 is 0 Å². The number of likely N-dealkylation sites (tertiary alicyclic amines) is 1. The number of halogens is 1. The predicted molar refractivity (Wildman–Crippen MR) is 122 cm³/mol. The van der Waals surface area contributed by atoms with Gasteiger partial charge in [-0.25, -0.2) is 0 Å². The van der Waals surface area contributed by atoms with Crippen molar-refractivity contribution in [1.29, 1.82) is 0 Å². The zero-order chi connectivity index (χ0) is 21.1. The van der Waals surface area contributed by atoms with E-state index in [-0.39, 0.29) is 11.9 Å². The number of amides is 1. The van der Waals surface area contributed by atoms with Crippen LogP contribution in [0.1, 0.15) is 36.2 Å². The average Bonchev–Trinajstić information content (AvgIpc) is 3.37. The largest absolute Gasteiger partial charge is 0.423 e. The van der Waals surface area contributed by atoms with Gasteiger partial charge in [-0.2, -0.15) is 4.98 Å². The zero-order valence-electron chi connectivity index (χ0n) is 17.1. The van der Waals surface area contributed by atoms with Crippen LogP contribution in [-0.2, 0) is 0 Å². The first-order valence-corrected chi connectivity index (χ1v) is 10.4. The fourth-order valence-electron chi connectivity index (χ4n) is 3.71. The molecule has 2 aromatic carbocycles. The van der Waals surface area contributed by atoms with Crippen molar-refractivity contribution < 1.29 is 9.21 Å². The number of benzene rings is 2. The Morgan fingerprint density at radius 3 is 2.87 bits per heavy atom. The van der Waals surface area contributed by atoms with E-state index in [1.54, 1.807) is 12.1 Å². The number of rotatable bonds is 5. The van der Waals surface area contributed by atoms with Gasteiger partial charge in [-0.05, 0) is 49.6 Å². The highest BCUT2D eigenvalue weighted by Crippen LogP contribution is 2.26. The van der Waals surface area contributed by atoms with Crippen molar-refractivity contribution in [3.63, 3.8) is 0 Å². The number of nitrogens with zero attached hydrogens (tertiary/aromatic N) is 2. The Balaban J connectivity index is 1.47. The standard InChI is InChI=1S/C24H24ClN3O2/c1-3-4-7-16(2)19-8-5-6-9-20(19)23(29)28-13-12-18(15-28)26-24-27-21-11-10-17(25)14-22(21)30-24/h3-11,14,18H,12-13,15H2,1-2H3,(H,26,27)/b4-3-,16-7+/t18-/m1/s1. The minimum absolute atomic E-state index is 0.0486. The molecular weight excluding hydrogens is 398 g/mol. The zero-order valence-corrected chi connectivity index (χ0v) is 17.8. The SMILES string of the molecule is C/C=C\C=C(/C)c1ccccc1C(=O)N1CC[C@@H](Nc2nc3ccc(Cl)cc3o2)C1. The molecule has 4 rings (SSSR count). The maximum absolute atomic E-state index is 13.2. The molecule has 2 heterocycles. The second-order valence-electron chi connectivity index (χ2n) is 7.43. The van der Waals surface area contributed by atoms with E-state index in [9.17, 15) is 4.79 Å². The molecule has 6 heteroatoms. The molecule has 1 aliphatic heterocycles. The molecular formula is C24H24ClN3O2. The maximum Gasteiger partial charge on any atom is 0.295 e. The summed E-state index contributed by atoms with van der Waals surface area (Å²) in [6.45, 7) is 5.29. The maximum atomic E-state index is 13.2. The number of allylic oxidation sites excluding steroid dienone is 4. The van der Waals surface area contributed by atoms with Crippen LogP contribution in [0.5, 0.6) is 0 Å². The number of hydrogen-bond acceptors (Lipinski definition) is 4. The molecule has 1 saturated heterocycles. The summed E-state index contributed by atoms with van der Waals surface area (Å²) < 4.78 is 5.76. The van der Waals surface area contributed by atoms with E-state index >= 15 is 0 Å². The predicted octanol–water partition coefficient (Wildman–Crippen LogP) is 5.79. The van der Waals surface area contributed by atoms with Crippen molar-refractivity contribution in [2.75, 3.05) is 18.4 Å². The van der Waals surface area contributed by atoms with Gasteiger partial charge < -0.3 is 14.6 Å². The summed E-state index contributed by atoms with van der Waals surface area (Å²) in [5.74, 6) is 0.0486. The molecule has 5 nitrogen and oxygen atoms in total. The minimum atomic E-state index is 0.0486. The van der Waals surface area contributed by atoms with E-state index in [1.165, 1.54) is 0 Å². The minimum Gasteiger partial charge on any atom is -0.423 e. The molecule has 1 aliphatic rings. The number of anilines is 1. The van der Waals surface area contributed by atoms with Crippen LogP contribution in [0.15, 0.2) is 65.1 Å². The van der Waals surface area contributed by atoms with Gasteiger partial charge in [-0.15, -0.1) is 0 Å². The van der Waals surface area contributed by atoms with Crippen LogP contribution in [0, 0.1) is 0 Å². The molecule has 0 unspecified atom stereocenters.